The van der Waals surface area contributed by atoms with Crippen LogP contribution in [0.15, 0.2) is 79.0 Å². The lowest BCUT2D eigenvalue weighted by atomic mass is 9.91. The number of aryl methyl sites for hydroxylation is 2. The molecule has 314 valence electrons. The minimum atomic E-state index is -0.882. The quantitative estimate of drug-likeness (QED) is 0.118. The number of carbonyl (C=O) groups is 4. The SMILES string of the molecule is COC(=O)N[C@H](C(=O)N1CCC[C@H]1c1nc2c([nH]1)-c1ccc(C#Cc3ccc(-c4cnc([C@@H]5CCCN5C(=O)[C@H](NC(=O)OC)c5ccccc5)[nH]4)cc3)cc1CC2)C(C)C. The first kappa shape index (κ1) is 40.9. The summed E-state index contributed by atoms with van der Waals surface area (Å²) in [5.41, 5.74) is 8.52. The third-order valence-corrected chi connectivity index (χ3v) is 11.9. The Morgan fingerprint density at radius 2 is 1.43 bits per heavy atom. The van der Waals surface area contributed by atoms with Crippen LogP contribution in [0, 0.1) is 17.8 Å². The molecular formula is C47H50N8O6. The van der Waals surface area contributed by atoms with Crippen LogP contribution in [0.2, 0.25) is 0 Å². The molecule has 2 aromatic heterocycles. The second-order valence-electron chi connectivity index (χ2n) is 16.0. The molecule has 61 heavy (non-hydrogen) atoms. The molecule has 0 spiro atoms. The van der Waals surface area contributed by atoms with Gasteiger partial charge in [-0.1, -0.05) is 74.2 Å². The lowest BCUT2D eigenvalue weighted by Crippen LogP contribution is -2.51. The Hall–Kier alpha value is -6.88. The topological polar surface area (TPSA) is 175 Å². The Morgan fingerprint density at radius 3 is 2.13 bits per heavy atom. The molecule has 2 fully saturated rings. The molecular weight excluding hydrogens is 773 g/mol. The smallest absolute Gasteiger partial charge is 0.407 e. The fourth-order valence-electron chi connectivity index (χ4n) is 8.68. The van der Waals surface area contributed by atoms with Gasteiger partial charge >= 0.3 is 12.2 Å². The van der Waals surface area contributed by atoms with Gasteiger partial charge < -0.3 is 39.9 Å². The standard InChI is InChI=1S/C47H50N8O6/c1-28(2)39(52-46(58)60-3)44(56)55-25-9-13-38(55)43-49-35-23-21-33-26-30(18-22-34(33)41(35)51-43)15-14-29-16-19-31(20-17-29)36-27-48-42(50-36)37-12-8-24-54(37)45(57)40(53-47(59)61-4)32-10-6-5-7-11-32/h5-7,10-11,16-20,22,26-28,37-40H,8-9,12-13,21,23-25H2,1-4H3,(H,48,50)(H,49,51)(H,52,58)(H,53,59)/t37-,38-,39-,40+/m0/s1. The number of hydrogen-bond donors (Lipinski definition) is 4. The highest BCUT2D eigenvalue weighted by atomic mass is 16.5. The molecule has 2 aliphatic heterocycles. The first-order chi connectivity index (χ1) is 29.6. The molecule has 1 aliphatic carbocycles. The number of benzene rings is 3. The van der Waals surface area contributed by atoms with E-state index in [0.29, 0.717) is 24.5 Å². The van der Waals surface area contributed by atoms with Gasteiger partial charge in [-0.25, -0.2) is 19.6 Å². The number of carbonyl (C=O) groups excluding carboxylic acids is 4. The third-order valence-electron chi connectivity index (χ3n) is 11.9. The number of aromatic nitrogens is 4. The van der Waals surface area contributed by atoms with Crippen LogP contribution in [0.25, 0.3) is 22.5 Å². The zero-order chi connectivity index (χ0) is 42.6. The van der Waals surface area contributed by atoms with Crippen LogP contribution in [-0.4, -0.2) is 87.1 Å². The van der Waals surface area contributed by atoms with Crippen LogP contribution in [0.4, 0.5) is 9.59 Å². The summed E-state index contributed by atoms with van der Waals surface area (Å²) in [5.74, 6) is 7.68. The number of amides is 4. The van der Waals surface area contributed by atoms with E-state index in [1.807, 2.05) is 79.4 Å². The second kappa shape index (κ2) is 17.8. The van der Waals surface area contributed by atoms with E-state index in [1.165, 1.54) is 19.8 Å². The van der Waals surface area contributed by atoms with Crippen LogP contribution in [0.3, 0.4) is 0 Å². The highest BCUT2D eigenvalue weighted by molar-refractivity contribution is 5.88. The van der Waals surface area contributed by atoms with Crippen molar-refractivity contribution in [3.05, 3.63) is 119 Å². The van der Waals surface area contributed by atoms with Crippen molar-refractivity contribution in [2.75, 3.05) is 27.3 Å². The Kier molecular flexibility index (Phi) is 11.9. The molecule has 4 amide bonds. The van der Waals surface area contributed by atoms with E-state index in [2.05, 4.69) is 44.6 Å². The largest absolute Gasteiger partial charge is 0.453 e. The lowest BCUT2D eigenvalue weighted by Gasteiger charge is -2.30. The van der Waals surface area contributed by atoms with E-state index in [-0.39, 0.29) is 29.8 Å². The Morgan fingerprint density at radius 1 is 0.770 bits per heavy atom. The summed E-state index contributed by atoms with van der Waals surface area (Å²) in [5, 5.41) is 5.43. The van der Waals surface area contributed by atoms with E-state index >= 15 is 0 Å². The molecule has 4 N–H and O–H groups in total. The van der Waals surface area contributed by atoms with Gasteiger partial charge in [-0.15, -0.1) is 0 Å². The molecule has 4 atom stereocenters. The van der Waals surface area contributed by atoms with Crippen LogP contribution < -0.4 is 10.6 Å². The summed E-state index contributed by atoms with van der Waals surface area (Å²) in [7, 11) is 2.58. The summed E-state index contributed by atoms with van der Waals surface area (Å²) in [4.78, 5) is 72.1. The van der Waals surface area contributed by atoms with Gasteiger partial charge in [0.05, 0.1) is 49.6 Å². The number of fused-ring (bicyclic) bond motifs is 3. The maximum absolute atomic E-state index is 13.9. The first-order valence-corrected chi connectivity index (χ1v) is 20.9. The van der Waals surface area contributed by atoms with Crippen molar-refractivity contribution in [2.24, 2.45) is 5.92 Å². The van der Waals surface area contributed by atoms with E-state index in [4.69, 9.17) is 19.4 Å². The number of aromatic amines is 2. The van der Waals surface area contributed by atoms with Crippen molar-refractivity contribution in [3.63, 3.8) is 0 Å². The second-order valence-corrected chi connectivity index (χ2v) is 16.0. The van der Waals surface area contributed by atoms with Crippen molar-refractivity contribution >= 4 is 24.0 Å². The minimum Gasteiger partial charge on any atom is -0.453 e. The zero-order valence-corrected chi connectivity index (χ0v) is 34.8. The number of H-pyrrole nitrogens is 2. The van der Waals surface area contributed by atoms with Gasteiger partial charge in [-0.2, -0.15) is 0 Å². The molecule has 14 heteroatoms. The molecule has 4 heterocycles. The van der Waals surface area contributed by atoms with Gasteiger partial charge in [0.15, 0.2) is 0 Å². The number of nitrogens with zero attached hydrogens (tertiary/aromatic N) is 4. The van der Waals surface area contributed by atoms with Crippen LogP contribution in [0.1, 0.15) is 97.3 Å². The summed E-state index contributed by atoms with van der Waals surface area (Å²) in [6.07, 6.45) is 5.32. The van der Waals surface area contributed by atoms with E-state index in [9.17, 15) is 19.2 Å². The van der Waals surface area contributed by atoms with Crippen LogP contribution in [0.5, 0.6) is 0 Å². The third kappa shape index (κ3) is 8.59. The normalized spacial score (nSPS) is 17.7. The first-order valence-electron chi connectivity index (χ1n) is 20.9. The predicted octanol–water partition coefficient (Wildman–Crippen LogP) is 6.77. The molecule has 0 unspecified atom stereocenters. The molecule has 0 radical (unpaired) electrons. The van der Waals surface area contributed by atoms with Gasteiger partial charge in [0.2, 0.25) is 5.91 Å². The molecule has 8 rings (SSSR count). The molecule has 0 saturated carbocycles. The molecule has 5 aromatic rings. The van der Waals surface area contributed by atoms with Crippen LogP contribution >= 0.6 is 0 Å². The number of imidazole rings is 2. The Bertz CT molecular complexity index is 2480. The Balaban J connectivity index is 0.932. The lowest BCUT2D eigenvalue weighted by molar-refractivity contribution is -0.135. The summed E-state index contributed by atoms with van der Waals surface area (Å²) in [6.45, 7) is 4.98. The molecule has 0 bridgehead atoms. The average Bonchev–Trinajstić information content (AvgIpc) is 4.13. The highest BCUT2D eigenvalue weighted by Gasteiger charge is 2.39. The van der Waals surface area contributed by atoms with E-state index < -0.39 is 24.3 Å². The summed E-state index contributed by atoms with van der Waals surface area (Å²) < 4.78 is 9.61. The van der Waals surface area contributed by atoms with E-state index in [0.717, 1.165) is 83.7 Å². The highest BCUT2D eigenvalue weighted by Crippen LogP contribution is 2.38. The van der Waals surface area contributed by atoms with Crippen molar-refractivity contribution in [1.29, 1.82) is 0 Å². The number of alkyl carbamates (subject to hydrolysis) is 2. The maximum Gasteiger partial charge on any atom is 0.407 e. The monoisotopic (exact) mass is 822 g/mol. The Labute approximate surface area is 354 Å². The molecule has 3 aliphatic rings. The maximum atomic E-state index is 13.9. The van der Waals surface area contributed by atoms with Crippen molar-refractivity contribution in [3.8, 4) is 34.4 Å². The van der Waals surface area contributed by atoms with Gasteiger partial charge in [-0.3, -0.25) is 9.59 Å². The summed E-state index contributed by atoms with van der Waals surface area (Å²) >= 11 is 0. The van der Waals surface area contributed by atoms with Crippen molar-refractivity contribution in [1.82, 2.24) is 40.4 Å². The number of nitrogens with one attached hydrogen (secondary N) is 4. The zero-order valence-electron chi connectivity index (χ0n) is 34.8. The molecule has 2 saturated heterocycles. The van der Waals surface area contributed by atoms with Gasteiger partial charge in [0.1, 0.15) is 23.7 Å². The number of methoxy groups -OCH3 is 2. The fourth-order valence-corrected chi connectivity index (χ4v) is 8.68. The minimum absolute atomic E-state index is 0.105. The van der Waals surface area contributed by atoms with Gasteiger partial charge in [-0.05, 0) is 85.4 Å². The van der Waals surface area contributed by atoms with Gasteiger partial charge in [0, 0.05) is 29.8 Å². The van der Waals surface area contributed by atoms with Crippen molar-refractivity contribution in [2.45, 2.75) is 76.5 Å². The number of hydrogen-bond acceptors (Lipinski definition) is 8. The predicted molar refractivity (Wildman–Crippen MR) is 228 cm³/mol. The number of rotatable bonds is 9. The summed E-state index contributed by atoms with van der Waals surface area (Å²) in [6, 6.07) is 21.4. The number of likely N-dealkylation sites (tertiary alicyclic amines) is 2. The molecule has 14 nitrogen and oxygen atoms in total. The van der Waals surface area contributed by atoms with E-state index in [1.54, 1.807) is 11.1 Å². The van der Waals surface area contributed by atoms with Crippen LogP contribution in [-0.2, 0) is 31.9 Å². The molecule has 3 aromatic carbocycles. The van der Waals surface area contributed by atoms with Gasteiger partial charge in [0.25, 0.3) is 5.91 Å². The average molecular weight is 823 g/mol. The fraction of sp³-hybridized carbons (Fsp3) is 0.362. The van der Waals surface area contributed by atoms with Crippen molar-refractivity contribution < 1.29 is 28.7 Å². The number of ether oxygens (including phenoxy) is 2.